The van der Waals surface area contributed by atoms with Gasteiger partial charge in [-0.15, -0.1) is 0 Å². The van der Waals surface area contributed by atoms with Crippen LogP contribution in [0.15, 0.2) is 16.8 Å². The molecule has 4 nitrogen and oxygen atoms in total. The Morgan fingerprint density at radius 3 is 3.09 bits per heavy atom. The summed E-state index contributed by atoms with van der Waals surface area (Å²) in [6.45, 7) is 7.41. The molecule has 22 heavy (non-hydrogen) atoms. The number of hydrogen-bond acceptors (Lipinski definition) is 3. The molecule has 0 radical (unpaired) electrons. The van der Waals surface area contributed by atoms with Crippen molar-refractivity contribution in [2.24, 2.45) is 0 Å². The Hall–Kier alpha value is -1.07. The average Bonchev–Trinajstić information content (AvgIpc) is 2.98. The van der Waals surface area contributed by atoms with Crippen LogP contribution in [0, 0.1) is 0 Å². The number of amides is 2. The smallest absolute Gasteiger partial charge is 0.315 e. The van der Waals surface area contributed by atoms with Crippen molar-refractivity contribution in [1.29, 1.82) is 0 Å². The molecule has 0 saturated carbocycles. The number of likely N-dealkylation sites (tertiary alicyclic amines) is 1. The molecule has 2 N–H and O–H groups in total. The zero-order valence-corrected chi connectivity index (χ0v) is 14.6. The summed E-state index contributed by atoms with van der Waals surface area (Å²) < 4.78 is 0. The van der Waals surface area contributed by atoms with E-state index in [0.29, 0.717) is 6.04 Å². The normalized spacial score (nSPS) is 20.5. The van der Waals surface area contributed by atoms with Crippen LogP contribution in [-0.4, -0.2) is 42.6 Å². The van der Waals surface area contributed by atoms with Gasteiger partial charge in [-0.3, -0.25) is 0 Å². The summed E-state index contributed by atoms with van der Waals surface area (Å²) in [7, 11) is 0. The largest absolute Gasteiger partial charge is 0.338 e. The zero-order valence-electron chi connectivity index (χ0n) is 13.8. The first-order valence-electron chi connectivity index (χ1n) is 8.44. The molecule has 1 saturated heterocycles. The van der Waals surface area contributed by atoms with Crippen molar-refractivity contribution in [3.8, 4) is 0 Å². The molecule has 1 aromatic rings. The molecule has 0 aromatic carbocycles. The molecule has 1 aromatic heterocycles. The van der Waals surface area contributed by atoms with Crippen molar-refractivity contribution in [3.05, 3.63) is 22.4 Å². The summed E-state index contributed by atoms with van der Waals surface area (Å²) in [5, 5.41) is 10.2. The van der Waals surface area contributed by atoms with Crippen molar-refractivity contribution in [2.45, 2.75) is 58.0 Å². The quantitative estimate of drug-likeness (QED) is 0.757. The predicted molar refractivity (Wildman–Crippen MR) is 93.5 cm³/mol. The third-order valence-corrected chi connectivity index (χ3v) is 5.08. The van der Waals surface area contributed by atoms with Crippen LogP contribution in [0.4, 0.5) is 4.79 Å². The fourth-order valence-corrected chi connectivity index (χ4v) is 3.74. The highest BCUT2D eigenvalue weighted by molar-refractivity contribution is 7.07. The first kappa shape index (κ1) is 17.3. The van der Waals surface area contributed by atoms with E-state index in [1.807, 2.05) is 6.92 Å². The molecule has 0 spiro atoms. The first-order valence-corrected chi connectivity index (χ1v) is 9.39. The van der Waals surface area contributed by atoms with Crippen molar-refractivity contribution >= 4 is 17.4 Å². The van der Waals surface area contributed by atoms with E-state index in [-0.39, 0.29) is 12.1 Å². The lowest BCUT2D eigenvalue weighted by molar-refractivity contribution is 0.159. The lowest BCUT2D eigenvalue weighted by Crippen LogP contribution is -2.43. The average molecular weight is 324 g/mol. The van der Waals surface area contributed by atoms with Crippen molar-refractivity contribution in [1.82, 2.24) is 15.5 Å². The molecule has 2 heterocycles. The molecule has 124 valence electrons. The van der Waals surface area contributed by atoms with E-state index in [9.17, 15) is 4.79 Å². The monoisotopic (exact) mass is 323 g/mol. The highest BCUT2D eigenvalue weighted by Gasteiger charge is 2.17. The molecule has 0 aliphatic carbocycles. The maximum Gasteiger partial charge on any atom is 0.315 e. The maximum absolute atomic E-state index is 11.9. The van der Waals surface area contributed by atoms with Gasteiger partial charge in [0.1, 0.15) is 0 Å². The number of urea groups is 1. The number of hydrogen-bond donors (Lipinski definition) is 2. The topological polar surface area (TPSA) is 44.4 Å². The van der Waals surface area contributed by atoms with E-state index in [2.05, 4.69) is 39.3 Å². The van der Waals surface area contributed by atoms with Crippen LogP contribution in [0.1, 0.15) is 45.1 Å². The summed E-state index contributed by atoms with van der Waals surface area (Å²) >= 11 is 1.70. The highest BCUT2D eigenvalue weighted by Crippen LogP contribution is 2.16. The first-order chi connectivity index (χ1) is 10.6. The van der Waals surface area contributed by atoms with Crippen molar-refractivity contribution < 1.29 is 4.79 Å². The third kappa shape index (κ3) is 5.97. The van der Waals surface area contributed by atoms with Crippen LogP contribution in [0.25, 0.3) is 0 Å². The Bertz CT molecular complexity index is 435. The number of nitrogens with one attached hydrogen (secondary N) is 2. The number of rotatable bonds is 7. The van der Waals surface area contributed by atoms with E-state index in [4.69, 9.17) is 0 Å². The lowest BCUT2D eigenvalue weighted by atomic mass is 10.0. The second-order valence-corrected chi connectivity index (χ2v) is 7.15. The standard InChI is InChI=1S/C17H29N3OS/c1-14(12-16-7-11-22-13-16)19-17(21)18-8-5-10-20-9-4-3-6-15(20)2/h7,11,13-15H,3-6,8-10,12H2,1-2H3,(H2,18,19,21)/t14-,15+/m0/s1. The van der Waals surface area contributed by atoms with Crippen LogP contribution >= 0.6 is 11.3 Å². The molecule has 1 aliphatic heterocycles. The van der Waals surface area contributed by atoms with Gasteiger partial charge in [-0.2, -0.15) is 11.3 Å². The summed E-state index contributed by atoms with van der Waals surface area (Å²) in [6, 6.07) is 2.93. The molecular formula is C17H29N3OS. The van der Waals surface area contributed by atoms with Crippen LogP contribution in [0.5, 0.6) is 0 Å². The molecular weight excluding hydrogens is 294 g/mol. The van der Waals surface area contributed by atoms with Gasteiger partial charge in [-0.05, 0) is 68.5 Å². The number of thiophene rings is 1. The molecule has 0 bridgehead atoms. The second kappa shape index (κ2) is 9.16. The van der Waals surface area contributed by atoms with E-state index >= 15 is 0 Å². The Labute approximate surface area is 138 Å². The molecule has 1 fully saturated rings. The van der Waals surface area contributed by atoms with Crippen molar-refractivity contribution in [2.75, 3.05) is 19.6 Å². The minimum atomic E-state index is -0.0468. The molecule has 1 aliphatic rings. The van der Waals surface area contributed by atoms with Crippen LogP contribution in [0.2, 0.25) is 0 Å². The van der Waals surface area contributed by atoms with Gasteiger partial charge < -0.3 is 15.5 Å². The summed E-state index contributed by atoms with van der Waals surface area (Å²) in [6.07, 6.45) is 5.91. The molecule has 0 unspecified atom stereocenters. The van der Waals surface area contributed by atoms with Gasteiger partial charge in [0, 0.05) is 25.2 Å². The number of nitrogens with zero attached hydrogens (tertiary/aromatic N) is 1. The Balaban J connectivity index is 1.55. The molecule has 5 heteroatoms. The highest BCUT2D eigenvalue weighted by atomic mass is 32.1. The number of carbonyl (C=O) groups is 1. The van der Waals surface area contributed by atoms with E-state index in [1.165, 1.54) is 31.4 Å². The summed E-state index contributed by atoms with van der Waals surface area (Å²) in [5.41, 5.74) is 1.29. The van der Waals surface area contributed by atoms with Gasteiger partial charge in [0.25, 0.3) is 0 Å². The minimum absolute atomic E-state index is 0.0468. The molecule has 2 rings (SSSR count). The van der Waals surface area contributed by atoms with Gasteiger partial charge >= 0.3 is 6.03 Å². The number of piperidine rings is 1. The second-order valence-electron chi connectivity index (χ2n) is 6.37. The van der Waals surface area contributed by atoms with Crippen LogP contribution in [0.3, 0.4) is 0 Å². The predicted octanol–water partition coefficient (Wildman–Crippen LogP) is 3.24. The fourth-order valence-electron chi connectivity index (χ4n) is 3.06. The van der Waals surface area contributed by atoms with E-state index in [0.717, 1.165) is 25.9 Å². The fraction of sp³-hybridized carbons (Fsp3) is 0.706. The lowest BCUT2D eigenvalue weighted by Gasteiger charge is -2.33. The van der Waals surface area contributed by atoms with Crippen LogP contribution < -0.4 is 10.6 Å². The molecule has 2 amide bonds. The van der Waals surface area contributed by atoms with Gasteiger partial charge in [0.05, 0.1) is 0 Å². The van der Waals surface area contributed by atoms with E-state index in [1.54, 1.807) is 11.3 Å². The van der Waals surface area contributed by atoms with E-state index < -0.39 is 0 Å². The zero-order chi connectivity index (χ0) is 15.8. The SMILES string of the molecule is C[C@@H]1CCCCN1CCCNC(=O)N[C@@H](C)Cc1ccsc1. The van der Waals surface area contributed by atoms with Crippen molar-refractivity contribution in [3.63, 3.8) is 0 Å². The maximum atomic E-state index is 11.9. The Morgan fingerprint density at radius 1 is 1.50 bits per heavy atom. The summed E-state index contributed by atoms with van der Waals surface area (Å²) in [4.78, 5) is 14.4. The minimum Gasteiger partial charge on any atom is -0.338 e. The van der Waals surface area contributed by atoms with Gasteiger partial charge in [-0.25, -0.2) is 4.79 Å². The van der Waals surface area contributed by atoms with Crippen LogP contribution in [-0.2, 0) is 6.42 Å². The molecule has 2 atom stereocenters. The summed E-state index contributed by atoms with van der Waals surface area (Å²) in [5.74, 6) is 0. The van der Waals surface area contributed by atoms with Gasteiger partial charge in [-0.1, -0.05) is 6.42 Å². The Kier molecular flexibility index (Phi) is 7.19. The Morgan fingerprint density at radius 2 is 2.36 bits per heavy atom. The van der Waals surface area contributed by atoms with Gasteiger partial charge in [0.2, 0.25) is 0 Å². The van der Waals surface area contributed by atoms with Gasteiger partial charge in [0.15, 0.2) is 0 Å². The third-order valence-electron chi connectivity index (χ3n) is 4.35. The number of carbonyl (C=O) groups excluding carboxylic acids is 1.